The molecule has 7 fully saturated rings. The molecule has 3 heteroatoms. The van der Waals surface area contributed by atoms with Crippen molar-refractivity contribution < 1.29 is 0 Å². The minimum absolute atomic E-state index is 0.0872. The molecule has 57 heavy (non-hydrogen) atoms. The standard InChI is InChI=1S/C54H53BN2/c1-30-15-41-39-7-6-9-44-50(39)57(47-10-5-4-8-43(47)52(44,2)3)55-45-24-38(54-26-31-17-32(27-54)19-33(18-31)28-54)23-42-40-22-37(53-14-13-35-20-34(25-53)21-36(35)29-53)11-12-46(40)56(51(42)45)48(16-30)49(41)55/h4-12,15-16,22-24,31-36H,13-14,17-21,25-29H2,1-3H3. The van der Waals surface area contributed by atoms with Gasteiger partial charge in [-0.1, -0.05) is 68.4 Å². The largest absolute Gasteiger partial charge is 0.376 e. The van der Waals surface area contributed by atoms with Crippen LogP contribution in [-0.4, -0.2) is 11.4 Å². The van der Waals surface area contributed by atoms with Gasteiger partial charge in [0.2, 0.25) is 0 Å². The third-order valence-corrected chi connectivity index (χ3v) is 18.9. The average molecular weight is 741 g/mol. The molecule has 3 aliphatic heterocycles. The lowest BCUT2D eigenvalue weighted by molar-refractivity contribution is -0.00509. The summed E-state index contributed by atoms with van der Waals surface area (Å²) in [5.74, 6) is 5.68. The van der Waals surface area contributed by atoms with Crippen molar-refractivity contribution in [3.05, 3.63) is 113 Å². The molecule has 2 nitrogen and oxygen atoms in total. The van der Waals surface area contributed by atoms with Crippen LogP contribution in [0.4, 0.5) is 11.4 Å². The number of nitrogens with zero attached hydrogens (tertiary/aromatic N) is 2. The molecule has 7 aliphatic carbocycles. The molecular formula is C54H53BN2. The monoisotopic (exact) mass is 740 g/mol. The molecule has 0 amide bonds. The maximum absolute atomic E-state index is 2.84. The van der Waals surface area contributed by atoms with Gasteiger partial charge in [-0.2, -0.15) is 0 Å². The topological polar surface area (TPSA) is 8.17 Å². The summed E-state index contributed by atoms with van der Waals surface area (Å²) >= 11 is 0. The molecule has 7 saturated carbocycles. The number of hydrogen-bond donors (Lipinski definition) is 0. The van der Waals surface area contributed by atoms with Crippen molar-refractivity contribution in [2.24, 2.45) is 35.5 Å². The van der Waals surface area contributed by atoms with Gasteiger partial charge < -0.3 is 9.38 Å². The summed E-state index contributed by atoms with van der Waals surface area (Å²) in [5.41, 5.74) is 21.3. The summed E-state index contributed by atoms with van der Waals surface area (Å²) in [7, 11) is 0. The first-order valence-corrected chi connectivity index (χ1v) is 23.1. The maximum atomic E-state index is 2.84. The third-order valence-electron chi connectivity index (χ3n) is 18.9. The highest BCUT2D eigenvalue weighted by atomic mass is 15.1. The van der Waals surface area contributed by atoms with E-state index in [2.05, 4.69) is 115 Å². The zero-order chi connectivity index (χ0) is 37.3. The normalized spacial score (nSPS) is 33.6. The van der Waals surface area contributed by atoms with E-state index in [9.17, 15) is 0 Å². The second kappa shape index (κ2) is 10.1. The Morgan fingerprint density at radius 1 is 0.614 bits per heavy atom. The molecule has 0 saturated heterocycles. The molecule has 7 bridgehead atoms. The summed E-state index contributed by atoms with van der Waals surface area (Å²) in [6.45, 7) is 7.38. The predicted molar refractivity (Wildman–Crippen MR) is 236 cm³/mol. The highest BCUT2D eigenvalue weighted by Gasteiger charge is 2.55. The molecule has 4 heterocycles. The van der Waals surface area contributed by atoms with E-state index < -0.39 is 0 Å². The fourth-order valence-electron chi connectivity index (χ4n) is 17.2. The number of benzene rings is 5. The second-order valence-electron chi connectivity index (χ2n) is 22.2. The lowest BCUT2D eigenvalue weighted by atomic mass is 9.42. The SMILES string of the molecule is Cc1cc2c3c(c1)-n1c4ccc(C56CCC7CC(CC7C5)C6)cc4c4cc(C56CC7CC(CC(C7)C5)C6)cc(c41)B3N1c3ccccc3C(C)(C)c3cccc-2c31. The van der Waals surface area contributed by atoms with E-state index in [-0.39, 0.29) is 12.3 Å². The molecule has 0 radical (unpaired) electrons. The van der Waals surface area contributed by atoms with Crippen LogP contribution >= 0.6 is 0 Å². The summed E-state index contributed by atoms with van der Waals surface area (Å²) in [4.78, 5) is 2.84. The lowest BCUT2D eigenvalue weighted by Gasteiger charge is -2.57. The molecule has 10 aliphatic rings. The van der Waals surface area contributed by atoms with Gasteiger partial charge in [0.15, 0.2) is 0 Å². The summed E-state index contributed by atoms with van der Waals surface area (Å²) < 4.78 is 2.77. The van der Waals surface area contributed by atoms with E-state index in [4.69, 9.17) is 0 Å². The van der Waals surface area contributed by atoms with Gasteiger partial charge in [-0.05, 0) is 205 Å². The molecule has 5 aromatic carbocycles. The van der Waals surface area contributed by atoms with Crippen molar-refractivity contribution in [3.63, 3.8) is 0 Å². The van der Waals surface area contributed by atoms with E-state index in [1.807, 2.05) is 0 Å². The van der Waals surface area contributed by atoms with Gasteiger partial charge in [0.25, 0.3) is 0 Å². The summed E-state index contributed by atoms with van der Waals surface area (Å²) in [6, 6.07) is 35.3. The van der Waals surface area contributed by atoms with Gasteiger partial charge in [-0.25, -0.2) is 0 Å². The van der Waals surface area contributed by atoms with Gasteiger partial charge >= 0.3 is 6.85 Å². The molecule has 16 rings (SSSR count). The Hall–Kier alpha value is -4.24. The quantitative estimate of drug-likeness (QED) is 0.161. The molecular weight excluding hydrogens is 687 g/mol. The van der Waals surface area contributed by atoms with Gasteiger partial charge in [0.1, 0.15) is 0 Å². The van der Waals surface area contributed by atoms with E-state index in [1.165, 1.54) is 149 Å². The number of aryl methyl sites for hydroxylation is 1. The molecule has 6 aromatic rings. The van der Waals surface area contributed by atoms with Crippen LogP contribution in [0.25, 0.3) is 38.6 Å². The van der Waals surface area contributed by atoms with Gasteiger partial charge in [0, 0.05) is 38.8 Å². The van der Waals surface area contributed by atoms with Crippen LogP contribution in [-0.2, 0) is 16.2 Å². The number of rotatable bonds is 2. The molecule has 4 atom stereocenters. The van der Waals surface area contributed by atoms with Gasteiger partial charge in [0.05, 0.1) is 11.0 Å². The number of hydrogen-bond acceptors (Lipinski definition) is 1. The number of anilines is 2. The number of aromatic nitrogens is 1. The van der Waals surface area contributed by atoms with Crippen molar-refractivity contribution >= 4 is 51.0 Å². The van der Waals surface area contributed by atoms with Crippen LogP contribution in [0.15, 0.2) is 84.9 Å². The highest BCUT2D eigenvalue weighted by molar-refractivity contribution is 6.93. The second-order valence-corrected chi connectivity index (χ2v) is 22.2. The van der Waals surface area contributed by atoms with E-state index in [0.717, 1.165) is 35.5 Å². The first-order chi connectivity index (χ1) is 27.8. The van der Waals surface area contributed by atoms with Crippen LogP contribution in [0, 0.1) is 42.4 Å². The van der Waals surface area contributed by atoms with Crippen molar-refractivity contribution in [2.75, 3.05) is 4.81 Å². The van der Waals surface area contributed by atoms with Crippen LogP contribution in [0.2, 0.25) is 0 Å². The summed E-state index contributed by atoms with van der Waals surface area (Å²) in [6.07, 6.45) is 17.4. The smallest absolute Gasteiger partial charge is 0.333 e. The fourth-order valence-corrected chi connectivity index (χ4v) is 17.2. The van der Waals surface area contributed by atoms with Crippen molar-refractivity contribution in [1.29, 1.82) is 0 Å². The van der Waals surface area contributed by atoms with Crippen molar-refractivity contribution in [2.45, 2.75) is 114 Å². The van der Waals surface area contributed by atoms with E-state index in [0.29, 0.717) is 10.8 Å². The molecule has 4 unspecified atom stereocenters. The zero-order valence-electron chi connectivity index (χ0n) is 34.0. The van der Waals surface area contributed by atoms with Crippen LogP contribution in [0.3, 0.4) is 0 Å². The highest BCUT2D eigenvalue weighted by Crippen LogP contribution is 2.63. The summed E-state index contributed by atoms with van der Waals surface area (Å²) in [5, 5.41) is 3.06. The Labute approximate surface area is 338 Å². The predicted octanol–water partition coefficient (Wildman–Crippen LogP) is 11.9. The fraction of sp³-hybridized carbons (Fsp3) is 0.444. The number of para-hydroxylation sites is 2. The Morgan fingerprint density at radius 2 is 1.35 bits per heavy atom. The van der Waals surface area contributed by atoms with Crippen LogP contribution < -0.4 is 15.7 Å². The third kappa shape index (κ3) is 3.76. The zero-order valence-corrected chi connectivity index (χ0v) is 34.0. The Balaban J connectivity index is 1.06. The number of fused-ring (bicyclic) bond motifs is 11. The minimum Gasteiger partial charge on any atom is -0.376 e. The van der Waals surface area contributed by atoms with E-state index >= 15 is 0 Å². The van der Waals surface area contributed by atoms with Crippen LogP contribution in [0.5, 0.6) is 0 Å². The molecule has 0 spiro atoms. The molecule has 1 aromatic heterocycles. The van der Waals surface area contributed by atoms with Gasteiger partial charge in [-0.15, -0.1) is 0 Å². The Morgan fingerprint density at radius 3 is 2.19 bits per heavy atom. The first-order valence-electron chi connectivity index (χ1n) is 23.1. The minimum atomic E-state index is -0.0872. The Kier molecular flexibility index (Phi) is 5.64. The van der Waals surface area contributed by atoms with Crippen molar-refractivity contribution in [1.82, 2.24) is 4.57 Å². The maximum Gasteiger partial charge on any atom is 0.333 e. The van der Waals surface area contributed by atoms with Crippen LogP contribution in [0.1, 0.15) is 119 Å². The van der Waals surface area contributed by atoms with Crippen molar-refractivity contribution in [3.8, 4) is 16.8 Å². The lowest BCUT2D eigenvalue weighted by Crippen LogP contribution is -2.62. The van der Waals surface area contributed by atoms with Gasteiger partial charge in [-0.3, -0.25) is 0 Å². The Bertz CT molecular complexity index is 2800. The van der Waals surface area contributed by atoms with E-state index in [1.54, 1.807) is 16.6 Å². The average Bonchev–Trinajstić information content (AvgIpc) is 3.64. The molecule has 0 N–H and O–H groups in total. The molecule has 282 valence electrons. The first kappa shape index (κ1) is 31.7.